The zero-order chi connectivity index (χ0) is 8.48. The SMILES string of the molecule is CNCC(C)C1(C)CCC1C. The fourth-order valence-corrected chi connectivity index (χ4v) is 2.16. The molecule has 1 nitrogen and oxygen atoms in total. The van der Waals surface area contributed by atoms with Crippen LogP contribution >= 0.6 is 0 Å². The Morgan fingerprint density at radius 3 is 2.55 bits per heavy atom. The summed E-state index contributed by atoms with van der Waals surface area (Å²) in [5.41, 5.74) is 0.628. The molecule has 1 saturated carbocycles. The van der Waals surface area contributed by atoms with Crippen LogP contribution in [0, 0.1) is 17.3 Å². The van der Waals surface area contributed by atoms with Crippen molar-refractivity contribution in [1.82, 2.24) is 5.32 Å². The first-order chi connectivity index (χ1) is 5.11. The standard InChI is InChI=1S/C10H21N/c1-8-5-6-10(8,3)9(2)7-11-4/h8-9,11H,5-7H2,1-4H3. The Morgan fingerprint density at radius 2 is 2.27 bits per heavy atom. The third kappa shape index (κ3) is 1.44. The van der Waals surface area contributed by atoms with E-state index >= 15 is 0 Å². The summed E-state index contributed by atoms with van der Waals surface area (Å²) in [4.78, 5) is 0. The molecule has 3 unspecified atom stereocenters. The van der Waals surface area contributed by atoms with Crippen LogP contribution in [0.15, 0.2) is 0 Å². The highest BCUT2D eigenvalue weighted by Crippen LogP contribution is 2.51. The first kappa shape index (κ1) is 9.05. The minimum absolute atomic E-state index is 0.628. The van der Waals surface area contributed by atoms with Gasteiger partial charge in [0.2, 0.25) is 0 Å². The van der Waals surface area contributed by atoms with Crippen molar-refractivity contribution in [2.45, 2.75) is 33.6 Å². The molecule has 1 aliphatic carbocycles. The van der Waals surface area contributed by atoms with Crippen molar-refractivity contribution >= 4 is 0 Å². The van der Waals surface area contributed by atoms with E-state index in [9.17, 15) is 0 Å². The Labute approximate surface area is 70.6 Å². The monoisotopic (exact) mass is 155 g/mol. The van der Waals surface area contributed by atoms with Crippen molar-refractivity contribution in [3.8, 4) is 0 Å². The molecule has 1 heteroatoms. The molecule has 1 aliphatic rings. The normalized spacial score (nSPS) is 39.8. The minimum atomic E-state index is 0.628. The molecule has 66 valence electrons. The summed E-state index contributed by atoms with van der Waals surface area (Å²) in [5.74, 6) is 1.77. The van der Waals surface area contributed by atoms with Crippen LogP contribution in [0.4, 0.5) is 0 Å². The van der Waals surface area contributed by atoms with Gasteiger partial charge in [-0.3, -0.25) is 0 Å². The summed E-state index contributed by atoms with van der Waals surface area (Å²) < 4.78 is 0. The van der Waals surface area contributed by atoms with E-state index in [4.69, 9.17) is 0 Å². The molecule has 0 bridgehead atoms. The van der Waals surface area contributed by atoms with Crippen LogP contribution in [-0.2, 0) is 0 Å². The minimum Gasteiger partial charge on any atom is -0.319 e. The largest absolute Gasteiger partial charge is 0.319 e. The second-order valence-electron chi connectivity index (χ2n) is 4.40. The van der Waals surface area contributed by atoms with Crippen molar-refractivity contribution in [1.29, 1.82) is 0 Å². The molecule has 1 fully saturated rings. The van der Waals surface area contributed by atoms with E-state index in [1.54, 1.807) is 0 Å². The summed E-state index contributed by atoms with van der Waals surface area (Å²) in [6, 6.07) is 0. The highest BCUT2D eigenvalue weighted by molar-refractivity contribution is 4.93. The van der Waals surface area contributed by atoms with Gasteiger partial charge in [-0.05, 0) is 43.7 Å². The number of hydrogen-bond donors (Lipinski definition) is 1. The van der Waals surface area contributed by atoms with Crippen LogP contribution in [0.1, 0.15) is 33.6 Å². The smallest absolute Gasteiger partial charge is 0.00209 e. The van der Waals surface area contributed by atoms with Crippen LogP contribution in [0.5, 0.6) is 0 Å². The maximum atomic E-state index is 3.26. The number of rotatable bonds is 3. The summed E-state index contributed by atoms with van der Waals surface area (Å²) in [6.45, 7) is 8.35. The van der Waals surface area contributed by atoms with Gasteiger partial charge in [-0.25, -0.2) is 0 Å². The highest BCUT2D eigenvalue weighted by Gasteiger charge is 2.43. The van der Waals surface area contributed by atoms with Crippen molar-refractivity contribution in [2.75, 3.05) is 13.6 Å². The number of nitrogens with one attached hydrogen (secondary N) is 1. The van der Waals surface area contributed by atoms with Gasteiger partial charge in [-0.2, -0.15) is 0 Å². The predicted molar refractivity (Wildman–Crippen MR) is 49.6 cm³/mol. The van der Waals surface area contributed by atoms with E-state index in [-0.39, 0.29) is 0 Å². The first-order valence-corrected chi connectivity index (χ1v) is 4.76. The van der Waals surface area contributed by atoms with Crippen LogP contribution < -0.4 is 5.32 Å². The Bertz CT molecular complexity index is 133. The van der Waals surface area contributed by atoms with E-state index in [0.29, 0.717) is 5.41 Å². The van der Waals surface area contributed by atoms with Gasteiger partial charge in [0.25, 0.3) is 0 Å². The van der Waals surface area contributed by atoms with Gasteiger partial charge >= 0.3 is 0 Å². The van der Waals surface area contributed by atoms with Crippen LogP contribution in [0.25, 0.3) is 0 Å². The van der Waals surface area contributed by atoms with E-state index < -0.39 is 0 Å². The van der Waals surface area contributed by atoms with Gasteiger partial charge in [0, 0.05) is 0 Å². The highest BCUT2D eigenvalue weighted by atomic mass is 14.8. The summed E-state index contributed by atoms with van der Waals surface area (Å²) >= 11 is 0. The Morgan fingerprint density at radius 1 is 1.64 bits per heavy atom. The van der Waals surface area contributed by atoms with Crippen LogP contribution in [0.2, 0.25) is 0 Å². The Hall–Kier alpha value is -0.0400. The molecular formula is C10H21N. The molecule has 1 N–H and O–H groups in total. The summed E-state index contributed by atoms with van der Waals surface area (Å²) in [5, 5.41) is 3.26. The molecule has 0 aliphatic heterocycles. The molecule has 11 heavy (non-hydrogen) atoms. The van der Waals surface area contributed by atoms with E-state index in [1.165, 1.54) is 19.4 Å². The van der Waals surface area contributed by atoms with Gasteiger partial charge in [-0.15, -0.1) is 0 Å². The van der Waals surface area contributed by atoms with Crippen LogP contribution in [0.3, 0.4) is 0 Å². The molecule has 3 atom stereocenters. The zero-order valence-corrected chi connectivity index (χ0v) is 8.28. The molecule has 0 spiro atoms. The van der Waals surface area contributed by atoms with Crippen molar-refractivity contribution in [3.63, 3.8) is 0 Å². The fraction of sp³-hybridized carbons (Fsp3) is 1.00. The van der Waals surface area contributed by atoms with E-state index in [1.807, 2.05) is 7.05 Å². The third-order valence-electron chi connectivity index (χ3n) is 3.88. The molecule has 1 rings (SSSR count). The van der Waals surface area contributed by atoms with E-state index in [2.05, 4.69) is 26.1 Å². The Balaban J connectivity index is 2.44. The fourth-order valence-electron chi connectivity index (χ4n) is 2.16. The molecular weight excluding hydrogens is 134 g/mol. The lowest BCUT2D eigenvalue weighted by atomic mass is 9.56. The molecule has 0 aromatic heterocycles. The first-order valence-electron chi connectivity index (χ1n) is 4.76. The average molecular weight is 155 g/mol. The van der Waals surface area contributed by atoms with Crippen LogP contribution in [-0.4, -0.2) is 13.6 Å². The number of hydrogen-bond acceptors (Lipinski definition) is 1. The molecule has 0 aromatic rings. The van der Waals surface area contributed by atoms with E-state index in [0.717, 1.165) is 11.8 Å². The topological polar surface area (TPSA) is 12.0 Å². The maximum Gasteiger partial charge on any atom is -0.00209 e. The van der Waals surface area contributed by atoms with Gasteiger partial charge in [-0.1, -0.05) is 20.8 Å². The Kier molecular flexibility index (Phi) is 2.58. The molecule has 0 radical (unpaired) electrons. The molecule has 0 amide bonds. The predicted octanol–water partition coefficient (Wildman–Crippen LogP) is 2.28. The van der Waals surface area contributed by atoms with Gasteiger partial charge in [0.05, 0.1) is 0 Å². The van der Waals surface area contributed by atoms with Crippen molar-refractivity contribution < 1.29 is 0 Å². The summed E-state index contributed by atoms with van der Waals surface area (Å²) in [7, 11) is 2.04. The second-order valence-corrected chi connectivity index (χ2v) is 4.40. The van der Waals surface area contributed by atoms with Gasteiger partial charge in [0.15, 0.2) is 0 Å². The zero-order valence-electron chi connectivity index (χ0n) is 8.28. The van der Waals surface area contributed by atoms with Gasteiger partial charge in [0.1, 0.15) is 0 Å². The van der Waals surface area contributed by atoms with Crippen molar-refractivity contribution in [2.24, 2.45) is 17.3 Å². The maximum absolute atomic E-state index is 3.26. The molecule has 0 saturated heterocycles. The van der Waals surface area contributed by atoms with Gasteiger partial charge < -0.3 is 5.32 Å². The average Bonchev–Trinajstić information content (AvgIpc) is 2.01. The quantitative estimate of drug-likeness (QED) is 0.659. The molecule has 0 heterocycles. The second kappa shape index (κ2) is 3.14. The molecule has 0 aromatic carbocycles. The lowest BCUT2D eigenvalue weighted by Gasteiger charge is -2.50. The lowest BCUT2D eigenvalue weighted by Crippen LogP contribution is -2.44. The lowest BCUT2D eigenvalue weighted by molar-refractivity contribution is 0.00660. The summed E-state index contributed by atoms with van der Waals surface area (Å²) in [6.07, 6.45) is 2.86. The third-order valence-corrected chi connectivity index (χ3v) is 3.88. The van der Waals surface area contributed by atoms with Crippen molar-refractivity contribution in [3.05, 3.63) is 0 Å².